The van der Waals surface area contributed by atoms with E-state index in [2.05, 4.69) is 30.3 Å². The molecule has 0 bridgehead atoms. The van der Waals surface area contributed by atoms with Gasteiger partial charge in [-0.15, -0.1) is 11.3 Å². The molecule has 0 aliphatic carbocycles. The Kier molecular flexibility index (Phi) is 4.91. The Bertz CT molecular complexity index is 1170. The SMILES string of the molecule is N#C/C(=C\C=Cc1ccccc1)c1nc(-c2cccc3ccccc23)cs1. The van der Waals surface area contributed by atoms with Crippen molar-refractivity contribution in [3.63, 3.8) is 0 Å². The van der Waals surface area contributed by atoms with Gasteiger partial charge in [-0.2, -0.15) is 5.26 Å². The topological polar surface area (TPSA) is 36.7 Å². The van der Waals surface area contributed by atoms with Crippen LogP contribution in [0.15, 0.2) is 90.3 Å². The molecule has 0 atom stereocenters. The molecular weight excluding hydrogens is 348 g/mol. The minimum atomic E-state index is 0.568. The van der Waals surface area contributed by atoms with E-state index in [-0.39, 0.29) is 0 Å². The Balaban J connectivity index is 1.65. The molecule has 0 amide bonds. The summed E-state index contributed by atoms with van der Waals surface area (Å²) >= 11 is 1.50. The lowest BCUT2D eigenvalue weighted by atomic mass is 10.0. The number of allylic oxidation sites excluding steroid dienone is 3. The van der Waals surface area contributed by atoms with Crippen LogP contribution in [0.2, 0.25) is 0 Å². The van der Waals surface area contributed by atoms with E-state index in [1.54, 1.807) is 0 Å². The summed E-state index contributed by atoms with van der Waals surface area (Å²) in [4.78, 5) is 4.72. The second kappa shape index (κ2) is 7.82. The predicted molar refractivity (Wildman–Crippen MR) is 114 cm³/mol. The zero-order valence-corrected chi connectivity index (χ0v) is 15.4. The van der Waals surface area contributed by atoms with Gasteiger partial charge in [-0.3, -0.25) is 0 Å². The minimum absolute atomic E-state index is 0.568. The molecule has 1 aromatic heterocycles. The standard InChI is InChI=1S/C24H16N2S/c25-16-20(13-6-10-18-8-2-1-3-9-18)24-26-23(17-27-24)22-15-7-12-19-11-4-5-14-21(19)22/h1-15,17H/b10-6?,20-13+. The van der Waals surface area contributed by atoms with Gasteiger partial charge in [0.15, 0.2) is 0 Å². The first-order valence-corrected chi connectivity index (χ1v) is 9.51. The molecule has 128 valence electrons. The quantitative estimate of drug-likeness (QED) is 0.303. The van der Waals surface area contributed by atoms with Gasteiger partial charge < -0.3 is 0 Å². The van der Waals surface area contributed by atoms with Crippen LogP contribution in [0.3, 0.4) is 0 Å². The fraction of sp³-hybridized carbons (Fsp3) is 0. The third-order valence-electron chi connectivity index (χ3n) is 4.27. The van der Waals surface area contributed by atoms with E-state index in [0.29, 0.717) is 5.57 Å². The molecule has 0 unspecified atom stereocenters. The van der Waals surface area contributed by atoms with Crippen LogP contribution in [-0.4, -0.2) is 4.98 Å². The van der Waals surface area contributed by atoms with E-state index in [1.807, 2.05) is 72.1 Å². The van der Waals surface area contributed by atoms with Crippen molar-refractivity contribution in [2.24, 2.45) is 0 Å². The lowest BCUT2D eigenvalue weighted by Gasteiger charge is -2.03. The molecule has 3 heteroatoms. The molecule has 2 nitrogen and oxygen atoms in total. The zero-order valence-electron chi connectivity index (χ0n) is 14.5. The van der Waals surface area contributed by atoms with E-state index < -0.39 is 0 Å². The smallest absolute Gasteiger partial charge is 0.134 e. The Hall–Kier alpha value is -3.48. The highest BCUT2D eigenvalue weighted by Crippen LogP contribution is 2.31. The van der Waals surface area contributed by atoms with Crippen LogP contribution in [0.5, 0.6) is 0 Å². The Morgan fingerprint density at radius 2 is 1.70 bits per heavy atom. The molecule has 3 aromatic carbocycles. The number of nitriles is 1. The molecule has 4 aromatic rings. The lowest BCUT2D eigenvalue weighted by Crippen LogP contribution is -1.84. The van der Waals surface area contributed by atoms with E-state index in [4.69, 9.17) is 4.98 Å². The molecule has 0 saturated carbocycles. The van der Waals surface area contributed by atoms with Crippen LogP contribution in [0.25, 0.3) is 33.7 Å². The summed E-state index contributed by atoms with van der Waals surface area (Å²) in [6, 6.07) is 26.8. The summed E-state index contributed by atoms with van der Waals surface area (Å²) in [5.74, 6) is 0. The molecule has 0 aliphatic heterocycles. The summed E-state index contributed by atoms with van der Waals surface area (Å²) < 4.78 is 0. The third-order valence-corrected chi connectivity index (χ3v) is 5.15. The molecule has 27 heavy (non-hydrogen) atoms. The van der Waals surface area contributed by atoms with Crippen LogP contribution in [0.1, 0.15) is 10.6 Å². The maximum atomic E-state index is 9.54. The summed E-state index contributed by atoms with van der Waals surface area (Å²) in [5, 5.41) is 14.7. The highest BCUT2D eigenvalue weighted by Gasteiger charge is 2.10. The van der Waals surface area contributed by atoms with E-state index >= 15 is 0 Å². The predicted octanol–water partition coefficient (Wildman–Crippen LogP) is 6.58. The van der Waals surface area contributed by atoms with E-state index in [0.717, 1.165) is 21.8 Å². The molecule has 0 fully saturated rings. The van der Waals surface area contributed by atoms with Gasteiger partial charge in [0.1, 0.15) is 11.1 Å². The first-order valence-electron chi connectivity index (χ1n) is 8.63. The number of rotatable bonds is 4. The summed E-state index contributed by atoms with van der Waals surface area (Å²) in [7, 11) is 0. The number of aromatic nitrogens is 1. The van der Waals surface area contributed by atoms with Crippen LogP contribution < -0.4 is 0 Å². The number of benzene rings is 3. The summed E-state index contributed by atoms with van der Waals surface area (Å²) in [6.07, 6.45) is 5.70. The van der Waals surface area contributed by atoms with Crippen molar-refractivity contribution in [3.05, 3.63) is 101 Å². The number of nitrogens with zero attached hydrogens (tertiary/aromatic N) is 2. The van der Waals surface area contributed by atoms with Gasteiger partial charge in [0, 0.05) is 10.9 Å². The van der Waals surface area contributed by atoms with Gasteiger partial charge in [-0.25, -0.2) is 4.98 Å². The first kappa shape index (κ1) is 17.0. The molecule has 0 N–H and O–H groups in total. The molecule has 0 aliphatic rings. The maximum absolute atomic E-state index is 9.54. The van der Waals surface area contributed by atoms with Crippen LogP contribution >= 0.6 is 11.3 Å². The third kappa shape index (κ3) is 3.72. The lowest BCUT2D eigenvalue weighted by molar-refractivity contribution is 1.37. The Labute approximate surface area is 162 Å². The van der Waals surface area contributed by atoms with Gasteiger partial charge in [0.05, 0.1) is 11.3 Å². The van der Waals surface area contributed by atoms with Gasteiger partial charge in [0.2, 0.25) is 0 Å². The maximum Gasteiger partial charge on any atom is 0.134 e. The molecular formula is C24H16N2S. The van der Waals surface area contributed by atoms with Crippen LogP contribution in [0.4, 0.5) is 0 Å². The van der Waals surface area contributed by atoms with E-state index in [1.165, 1.54) is 22.1 Å². The molecule has 0 saturated heterocycles. The van der Waals surface area contributed by atoms with Crippen LogP contribution in [-0.2, 0) is 0 Å². The Morgan fingerprint density at radius 3 is 2.56 bits per heavy atom. The first-order chi connectivity index (χ1) is 13.3. The van der Waals surface area contributed by atoms with Crippen molar-refractivity contribution < 1.29 is 0 Å². The van der Waals surface area contributed by atoms with Crippen LogP contribution in [0, 0.1) is 11.3 Å². The Morgan fingerprint density at radius 1 is 0.926 bits per heavy atom. The van der Waals surface area contributed by atoms with Gasteiger partial charge in [0.25, 0.3) is 0 Å². The van der Waals surface area contributed by atoms with Crippen molar-refractivity contribution >= 4 is 33.8 Å². The molecule has 0 radical (unpaired) electrons. The van der Waals surface area contributed by atoms with Crippen molar-refractivity contribution in [1.29, 1.82) is 5.26 Å². The fourth-order valence-electron chi connectivity index (χ4n) is 2.95. The normalized spacial score (nSPS) is 11.7. The largest absolute Gasteiger partial charge is 0.235 e. The van der Waals surface area contributed by atoms with Crippen molar-refractivity contribution in [2.75, 3.05) is 0 Å². The highest BCUT2D eigenvalue weighted by molar-refractivity contribution is 7.11. The second-order valence-corrected chi connectivity index (χ2v) is 6.88. The monoisotopic (exact) mass is 364 g/mol. The number of fused-ring (bicyclic) bond motifs is 1. The molecule has 0 spiro atoms. The zero-order chi connectivity index (χ0) is 18.5. The minimum Gasteiger partial charge on any atom is -0.235 e. The number of thiazole rings is 1. The van der Waals surface area contributed by atoms with Crippen molar-refractivity contribution in [1.82, 2.24) is 4.98 Å². The highest BCUT2D eigenvalue weighted by atomic mass is 32.1. The van der Waals surface area contributed by atoms with Crippen molar-refractivity contribution in [3.8, 4) is 17.3 Å². The van der Waals surface area contributed by atoms with Crippen molar-refractivity contribution in [2.45, 2.75) is 0 Å². The van der Waals surface area contributed by atoms with Gasteiger partial charge in [-0.1, -0.05) is 84.9 Å². The van der Waals surface area contributed by atoms with E-state index in [9.17, 15) is 5.26 Å². The number of hydrogen-bond acceptors (Lipinski definition) is 3. The molecule has 4 rings (SSSR count). The summed E-state index contributed by atoms with van der Waals surface area (Å²) in [5.41, 5.74) is 3.66. The molecule has 1 heterocycles. The second-order valence-electron chi connectivity index (χ2n) is 6.03. The average molecular weight is 364 g/mol. The van der Waals surface area contributed by atoms with Gasteiger partial charge in [-0.05, 0) is 22.4 Å². The fourth-order valence-corrected chi connectivity index (χ4v) is 3.74. The summed E-state index contributed by atoms with van der Waals surface area (Å²) in [6.45, 7) is 0. The van der Waals surface area contributed by atoms with Gasteiger partial charge >= 0.3 is 0 Å². The number of hydrogen-bond donors (Lipinski definition) is 0. The average Bonchev–Trinajstić information content (AvgIpc) is 3.21.